The molecule has 274 valence electrons. The maximum Gasteiger partial charge on any atom is 0.325 e. The number of esters is 1. The molecule has 0 spiro atoms. The quantitative estimate of drug-likeness (QED) is 0.237. The summed E-state index contributed by atoms with van der Waals surface area (Å²) in [4.78, 5) is 51.1. The van der Waals surface area contributed by atoms with Crippen LogP contribution in [0.2, 0.25) is 0 Å². The molecule has 4 fully saturated rings. The Bertz CT molecular complexity index is 2050. The third kappa shape index (κ3) is 6.22. The number of pyridine rings is 1. The van der Waals surface area contributed by atoms with Gasteiger partial charge in [-0.05, 0) is 81.2 Å². The third-order valence-electron chi connectivity index (χ3n) is 11.6. The lowest BCUT2D eigenvalue weighted by molar-refractivity contribution is -0.171. The summed E-state index contributed by atoms with van der Waals surface area (Å²) in [6.07, 6.45) is 4.75. The van der Waals surface area contributed by atoms with Crippen LogP contribution in [-0.2, 0) is 43.2 Å². The molecule has 2 N–H and O–H groups in total. The molecule has 9 rings (SSSR count). The summed E-state index contributed by atoms with van der Waals surface area (Å²) in [5.74, 6) is -0.371. The van der Waals surface area contributed by atoms with E-state index in [1.54, 1.807) is 12.1 Å². The number of cyclic esters (lactones) is 1. The van der Waals surface area contributed by atoms with Crippen molar-refractivity contribution in [3.8, 4) is 22.5 Å². The standard InChI is InChI=1S/C40H48N6O5S/c1-7-45-32-11-10-23-16-28(32)29(36(45)26-9-8-12-41-34(26)22(3)50-6)18-40(4,5)20-51-39(49)35-24-14-25(15-24)46(44-35)38(48)30(17-33-42-31(23)19-52-33)43-37(47)27-13-21(27)2/h8-12,16,19,21-22,24-25,27,30,35,44H,7,13-15,17-18,20H2,1-6H3,(H,43,47)/t21-,22-,24?,25?,27-,30-,35-/m0/s1. The van der Waals surface area contributed by atoms with Crippen LogP contribution in [0.4, 0.5) is 0 Å². The Kier molecular flexibility index (Phi) is 8.98. The molecule has 8 bridgehead atoms. The van der Waals surface area contributed by atoms with Gasteiger partial charge in [-0.1, -0.05) is 26.8 Å². The highest BCUT2D eigenvalue weighted by Gasteiger charge is 2.51. The van der Waals surface area contributed by atoms with Crippen LogP contribution in [0.1, 0.15) is 76.3 Å². The fourth-order valence-electron chi connectivity index (χ4n) is 8.35. The molecule has 5 atom stereocenters. The van der Waals surface area contributed by atoms with Gasteiger partial charge in [0.2, 0.25) is 5.91 Å². The first-order valence-electron chi connectivity index (χ1n) is 18.6. The molecule has 12 heteroatoms. The fraction of sp³-hybridized carbons (Fsp3) is 0.525. The van der Waals surface area contributed by atoms with Gasteiger partial charge in [0, 0.05) is 71.1 Å². The number of thiazole rings is 1. The van der Waals surface area contributed by atoms with Crippen LogP contribution in [-0.4, -0.2) is 69.2 Å². The Balaban J connectivity index is 1.25. The minimum atomic E-state index is -0.808. The van der Waals surface area contributed by atoms with Crippen molar-refractivity contribution in [2.24, 2.45) is 23.2 Å². The minimum Gasteiger partial charge on any atom is -0.464 e. The van der Waals surface area contributed by atoms with Gasteiger partial charge in [0.15, 0.2) is 0 Å². The highest BCUT2D eigenvalue weighted by Crippen LogP contribution is 2.43. The molecule has 0 unspecified atom stereocenters. The normalized spacial score (nSPS) is 27.4. The highest BCUT2D eigenvalue weighted by molar-refractivity contribution is 7.10. The van der Waals surface area contributed by atoms with Crippen LogP contribution in [0, 0.1) is 23.2 Å². The summed E-state index contributed by atoms with van der Waals surface area (Å²) in [5, 5.41) is 8.58. The Morgan fingerprint density at radius 2 is 2.00 bits per heavy atom. The molecule has 2 saturated carbocycles. The van der Waals surface area contributed by atoms with Crippen molar-refractivity contribution in [2.75, 3.05) is 13.7 Å². The fourth-order valence-corrected chi connectivity index (χ4v) is 9.20. The monoisotopic (exact) mass is 724 g/mol. The number of carbonyl (C=O) groups is 3. The van der Waals surface area contributed by atoms with Crippen molar-refractivity contribution >= 4 is 40.0 Å². The van der Waals surface area contributed by atoms with Crippen molar-refractivity contribution in [3.63, 3.8) is 0 Å². The Morgan fingerprint density at radius 1 is 1.21 bits per heavy atom. The van der Waals surface area contributed by atoms with E-state index < -0.39 is 17.5 Å². The smallest absolute Gasteiger partial charge is 0.325 e. The number of carbonyl (C=O) groups excluding carboxylic acids is 3. The van der Waals surface area contributed by atoms with Crippen molar-refractivity contribution in [1.29, 1.82) is 0 Å². The molecule has 3 aromatic heterocycles. The van der Waals surface area contributed by atoms with Gasteiger partial charge < -0.3 is 19.4 Å². The Labute approximate surface area is 308 Å². The van der Waals surface area contributed by atoms with Gasteiger partial charge in [-0.2, -0.15) is 0 Å². The van der Waals surface area contributed by atoms with Crippen molar-refractivity contribution in [2.45, 2.75) is 97.5 Å². The minimum absolute atomic E-state index is 0.0286. The number of hydrogen-bond acceptors (Lipinski definition) is 9. The predicted molar refractivity (Wildman–Crippen MR) is 199 cm³/mol. The van der Waals surface area contributed by atoms with Crippen LogP contribution >= 0.6 is 11.3 Å². The van der Waals surface area contributed by atoms with E-state index in [9.17, 15) is 14.4 Å². The number of nitrogens with zero attached hydrogens (tertiary/aromatic N) is 4. The number of benzene rings is 1. The first-order valence-corrected chi connectivity index (χ1v) is 19.5. The lowest BCUT2D eigenvalue weighted by Crippen LogP contribution is -2.71. The predicted octanol–water partition coefficient (Wildman–Crippen LogP) is 5.86. The molecule has 11 nitrogen and oxygen atoms in total. The zero-order chi connectivity index (χ0) is 36.5. The van der Waals surface area contributed by atoms with Crippen LogP contribution in [0.5, 0.6) is 0 Å². The van der Waals surface area contributed by atoms with E-state index in [4.69, 9.17) is 19.4 Å². The summed E-state index contributed by atoms with van der Waals surface area (Å²) in [7, 11) is 1.70. The topological polar surface area (TPSA) is 128 Å². The van der Waals surface area contributed by atoms with E-state index in [1.165, 1.54) is 11.3 Å². The molecular formula is C40H48N6O5S. The number of aromatic nitrogens is 3. The Morgan fingerprint density at radius 3 is 2.73 bits per heavy atom. The molecule has 3 aliphatic heterocycles. The van der Waals surface area contributed by atoms with Gasteiger partial charge in [0.05, 0.1) is 34.8 Å². The van der Waals surface area contributed by atoms with Crippen LogP contribution in [0.25, 0.3) is 33.4 Å². The number of amides is 2. The molecule has 2 aliphatic carbocycles. The number of nitrogens with one attached hydrogen (secondary N) is 2. The zero-order valence-corrected chi connectivity index (χ0v) is 31.6. The number of fused-ring (bicyclic) bond motifs is 4. The second kappa shape index (κ2) is 13.4. The van der Waals surface area contributed by atoms with E-state index >= 15 is 0 Å². The number of hydrogen-bond donors (Lipinski definition) is 2. The summed E-state index contributed by atoms with van der Waals surface area (Å²) in [6, 6.07) is 9.10. The lowest BCUT2D eigenvalue weighted by atomic mass is 9.73. The molecule has 1 aromatic carbocycles. The van der Waals surface area contributed by atoms with E-state index in [-0.39, 0.29) is 54.8 Å². The molecule has 0 radical (unpaired) electrons. The van der Waals surface area contributed by atoms with Crippen molar-refractivity contribution in [3.05, 3.63) is 58.2 Å². The summed E-state index contributed by atoms with van der Waals surface area (Å²) >= 11 is 1.50. The van der Waals surface area contributed by atoms with Crippen LogP contribution in [0.15, 0.2) is 41.9 Å². The number of aryl methyl sites for hydroxylation is 1. The maximum atomic E-state index is 14.2. The summed E-state index contributed by atoms with van der Waals surface area (Å²) < 4.78 is 14.3. The highest BCUT2D eigenvalue weighted by atomic mass is 32.1. The number of ether oxygens (including phenoxy) is 2. The zero-order valence-electron chi connectivity index (χ0n) is 30.8. The number of hydrazine groups is 1. The van der Waals surface area contributed by atoms with Gasteiger partial charge in [0.25, 0.3) is 5.91 Å². The van der Waals surface area contributed by atoms with Crippen LogP contribution in [0.3, 0.4) is 0 Å². The SMILES string of the molecule is CCn1c(-c2cccnc2[C@H](C)OC)c2c3cc(ccc31)-c1csc(n1)C[C@H](NC(=O)[C@H]1C[C@@H]1C)C(=O)N1N[C@H](C(=O)OCC(C)(C)C2)C2CC1C2. The first kappa shape index (κ1) is 34.9. The average molecular weight is 725 g/mol. The molecule has 2 saturated heterocycles. The van der Waals surface area contributed by atoms with Crippen molar-refractivity contribution in [1.82, 2.24) is 30.3 Å². The number of rotatable bonds is 6. The second-order valence-electron chi connectivity index (χ2n) is 16.0. The average Bonchev–Trinajstić information content (AvgIpc) is 3.55. The maximum absolute atomic E-state index is 14.2. The molecule has 6 heterocycles. The van der Waals surface area contributed by atoms with E-state index in [1.807, 2.05) is 24.6 Å². The van der Waals surface area contributed by atoms with Gasteiger partial charge in [-0.15, -0.1) is 11.3 Å². The first-order chi connectivity index (χ1) is 25.0. The van der Waals surface area contributed by atoms with Gasteiger partial charge >= 0.3 is 5.97 Å². The van der Waals surface area contributed by atoms with Gasteiger partial charge in [-0.25, -0.2) is 10.4 Å². The summed E-state index contributed by atoms with van der Waals surface area (Å²) in [5.41, 5.74) is 9.82. The molecule has 2 amide bonds. The Hall–Kier alpha value is -4.13. The van der Waals surface area contributed by atoms with E-state index in [0.29, 0.717) is 12.3 Å². The van der Waals surface area contributed by atoms with Gasteiger partial charge in [-0.3, -0.25) is 24.4 Å². The lowest BCUT2D eigenvalue weighted by Gasteiger charge is -2.53. The molecular weight excluding hydrogens is 677 g/mol. The molecule has 5 aliphatic rings. The molecule has 4 aromatic rings. The van der Waals surface area contributed by atoms with Gasteiger partial charge in [0.1, 0.15) is 12.1 Å². The summed E-state index contributed by atoms with van der Waals surface area (Å²) in [6.45, 7) is 11.4. The van der Waals surface area contributed by atoms with Crippen molar-refractivity contribution < 1.29 is 23.9 Å². The number of methoxy groups -OCH3 is 1. The third-order valence-corrected chi connectivity index (χ3v) is 12.5. The largest absolute Gasteiger partial charge is 0.464 e. The van der Waals surface area contributed by atoms with E-state index in [2.05, 4.69) is 67.3 Å². The second-order valence-corrected chi connectivity index (χ2v) is 16.9. The molecule has 52 heavy (non-hydrogen) atoms. The van der Waals surface area contributed by atoms with Crippen LogP contribution < -0.4 is 10.7 Å². The van der Waals surface area contributed by atoms with E-state index in [0.717, 1.165) is 75.5 Å².